The lowest BCUT2D eigenvalue weighted by Gasteiger charge is -2.17. The van der Waals surface area contributed by atoms with Crippen molar-refractivity contribution < 1.29 is 48.4 Å². The summed E-state index contributed by atoms with van der Waals surface area (Å²) in [6, 6.07) is 10.4. The number of aliphatic hydroxyl groups excluding tert-OH is 1. The van der Waals surface area contributed by atoms with Crippen molar-refractivity contribution in [2.24, 2.45) is 0 Å². The highest BCUT2D eigenvalue weighted by molar-refractivity contribution is 5.91. The number of carboxylic acids is 2. The first-order valence-electron chi connectivity index (χ1n) is 10.5. The van der Waals surface area contributed by atoms with E-state index in [4.69, 9.17) is 34.3 Å². The van der Waals surface area contributed by atoms with Crippen LogP contribution in [0.5, 0.6) is 23.0 Å². The number of methoxy groups -OCH3 is 2. The summed E-state index contributed by atoms with van der Waals surface area (Å²) in [5, 5.41) is 26.3. The second kappa shape index (κ2) is 9.44. The molecule has 0 fully saturated rings. The molecule has 3 aromatic rings. The van der Waals surface area contributed by atoms with Crippen LogP contribution in [-0.4, -0.2) is 54.4 Å². The minimum absolute atomic E-state index is 0.299. The molecule has 34 heavy (non-hydrogen) atoms. The van der Waals surface area contributed by atoms with E-state index in [9.17, 15) is 9.59 Å². The SMILES string of the molecule is COc1ccc2cc3[n+](cc2c1OC)CCc1cc2c(cc1-3)OCO2.O=C(O)CC(O)C(=O)O. The molecule has 0 aliphatic carbocycles. The topological polar surface area (TPSA) is 136 Å². The van der Waals surface area contributed by atoms with Crippen molar-refractivity contribution in [2.45, 2.75) is 25.5 Å². The molecule has 10 nitrogen and oxygen atoms in total. The molecule has 1 atom stereocenters. The first kappa shape index (κ1) is 23.1. The third kappa shape index (κ3) is 4.40. The van der Waals surface area contributed by atoms with E-state index in [-0.39, 0.29) is 0 Å². The summed E-state index contributed by atoms with van der Waals surface area (Å²) in [6.07, 6.45) is 0.568. The molecule has 2 aromatic carbocycles. The van der Waals surface area contributed by atoms with Crippen molar-refractivity contribution in [3.63, 3.8) is 0 Å². The van der Waals surface area contributed by atoms with Crippen LogP contribution in [-0.2, 0) is 22.6 Å². The normalized spacial score (nSPS) is 13.7. The van der Waals surface area contributed by atoms with Gasteiger partial charge in [-0.05, 0) is 35.2 Å². The number of aliphatic hydroxyl groups is 1. The molecule has 0 saturated carbocycles. The Hall–Kier alpha value is -4.05. The second-order valence-corrected chi connectivity index (χ2v) is 7.72. The smallest absolute Gasteiger partial charge is 0.333 e. The van der Waals surface area contributed by atoms with Crippen LogP contribution in [0.15, 0.2) is 36.5 Å². The van der Waals surface area contributed by atoms with Crippen LogP contribution < -0.4 is 23.5 Å². The molecule has 0 radical (unpaired) electrons. The van der Waals surface area contributed by atoms with Crippen molar-refractivity contribution >= 4 is 22.7 Å². The van der Waals surface area contributed by atoms with E-state index in [0.29, 0.717) is 6.79 Å². The Labute approximate surface area is 194 Å². The van der Waals surface area contributed by atoms with Crippen LogP contribution in [0.1, 0.15) is 12.0 Å². The number of aromatic nitrogens is 1. The maximum absolute atomic E-state index is 9.72. The Balaban J connectivity index is 0.000000262. The summed E-state index contributed by atoms with van der Waals surface area (Å²) in [6.45, 7) is 1.21. The number of carboxylic acid groups (broad SMARTS) is 2. The highest BCUT2D eigenvalue weighted by Gasteiger charge is 2.28. The maximum atomic E-state index is 9.72. The minimum Gasteiger partial charge on any atom is -0.493 e. The van der Waals surface area contributed by atoms with Gasteiger partial charge >= 0.3 is 11.9 Å². The number of hydrogen-bond acceptors (Lipinski definition) is 7. The highest BCUT2D eigenvalue weighted by atomic mass is 16.7. The van der Waals surface area contributed by atoms with E-state index in [1.165, 1.54) is 16.8 Å². The number of benzene rings is 2. The molecule has 1 unspecified atom stereocenters. The van der Waals surface area contributed by atoms with Gasteiger partial charge in [-0.15, -0.1) is 0 Å². The maximum Gasteiger partial charge on any atom is 0.333 e. The lowest BCUT2D eigenvalue weighted by molar-refractivity contribution is -0.686. The number of pyridine rings is 1. The number of ether oxygens (including phenoxy) is 4. The van der Waals surface area contributed by atoms with E-state index in [2.05, 4.69) is 35.0 Å². The first-order chi connectivity index (χ1) is 16.3. The zero-order chi connectivity index (χ0) is 24.4. The summed E-state index contributed by atoms with van der Waals surface area (Å²) in [5.74, 6) is 0.336. The van der Waals surface area contributed by atoms with Crippen molar-refractivity contribution in [2.75, 3.05) is 21.0 Å². The molecule has 0 amide bonds. The van der Waals surface area contributed by atoms with Gasteiger partial charge < -0.3 is 34.3 Å². The summed E-state index contributed by atoms with van der Waals surface area (Å²) in [5.41, 5.74) is 3.68. The molecule has 2 aliphatic heterocycles. The van der Waals surface area contributed by atoms with E-state index >= 15 is 0 Å². The molecular formula is C24H24NO9+. The molecule has 1 aromatic heterocycles. The molecule has 3 N–H and O–H groups in total. The Morgan fingerprint density at radius 3 is 2.44 bits per heavy atom. The predicted molar refractivity (Wildman–Crippen MR) is 118 cm³/mol. The van der Waals surface area contributed by atoms with Gasteiger partial charge in [0, 0.05) is 12.5 Å². The van der Waals surface area contributed by atoms with E-state index in [1.54, 1.807) is 14.2 Å². The van der Waals surface area contributed by atoms with Crippen LogP contribution in [0, 0.1) is 0 Å². The van der Waals surface area contributed by atoms with Gasteiger partial charge in [-0.25, -0.2) is 4.79 Å². The quantitative estimate of drug-likeness (QED) is 0.479. The van der Waals surface area contributed by atoms with E-state index in [0.717, 1.165) is 46.7 Å². The van der Waals surface area contributed by atoms with Crippen molar-refractivity contribution in [1.29, 1.82) is 0 Å². The number of fused-ring (bicyclic) bond motifs is 5. The van der Waals surface area contributed by atoms with Gasteiger partial charge in [0.05, 0.1) is 31.6 Å². The number of aliphatic carboxylic acids is 2. The average Bonchev–Trinajstić information content (AvgIpc) is 3.28. The molecule has 0 spiro atoms. The Morgan fingerprint density at radius 1 is 1.09 bits per heavy atom. The number of aryl methyl sites for hydroxylation is 2. The second-order valence-electron chi connectivity index (χ2n) is 7.72. The third-order valence-corrected chi connectivity index (χ3v) is 5.65. The molecule has 3 heterocycles. The van der Waals surface area contributed by atoms with Crippen molar-refractivity contribution in [3.05, 3.63) is 42.1 Å². The van der Waals surface area contributed by atoms with Crippen LogP contribution in [0.25, 0.3) is 22.0 Å². The standard InChI is InChI=1S/C20H18NO4.C4H6O5/c1-22-17-4-3-12-7-16-14-9-19-18(24-11-25-19)8-13(14)5-6-21(16)10-15(12)20(17)23-2;5-2(4(8)9)1-3(6)7/h3-4,7-10H,5-6,11H2,1-2H3;2,5H,1H2,(H,6,7)(H,8,9)/q+1;. The Morgan fingerprint density at radius 2 is 1.82 bits per heavy atom. The molecule has 0 saturated heterocycles. The molecule has 10 heteroatoms. The first-order valence-corrected chi connectivity index (χ1v) is 10.5. The number of rotatable bonds is 5. The molecular weight excluding hydrogens is 446 g/mol. The van der Waals surface area contributed by atoms with Crippen molar-refractivity contribution in [3.8, 4) is 34.3 Å². The van der Waals surface area contributed by atoms with Gasteiger partial charge in [0.2, 0.25) is 12.5 Å². The molecule has 0 bridgehead atoms. The van der Waals surface area contributed by atoms with Gasteiger partial charge in [0.15, 0.2) is 41.8 Å². The fourth-order valence-electron chi connectivity index (χ4n) is 4.02. The van der Waals surface area contributed by atoms with E-state index in [1.807, 2.05) is 6.07 Å². The number of carbonyl (C=O) groups is 2. The monoisotopic (exact) mass is 470 g/mol. The van der Waals surface area contributed by atoms with Crippen molar-refractivity contribution in [1.82, 2.24) is 0 Å². The fourth-order valence-corrected chi connectivity index (χ4v) is 4.02. The van der Waals surface area contributed by atoms with Gasteiger partial charge in [-0.3, -0.25) is 4.79 Å². The van der Waals surface area contributed by atoms with Gasteiger partial charge in [-0.1, -0.05) is 0 Å². The van der Waals surface area contributed by atoms with Crippen LogP contribution in [0.4, 0.5) is 0 Å². The van der Waals surface area contributed by atoms with Crippen LogP contribution in [0.2, 0.25) is 0 Å². The summed E-state index contributed by atoms with van der Waals surface area (Å²) < 4.78 is 24.4. The van der Waals surface area contributed by atoms with Crippen LogP contribution >= 0.6 is 0 Å². The Bertz CT molecular complexity index is 1270. The number of hydrogen-bond donors (Lipinski definition) is 3. The summed E-state index contributed by atoms with van der Waals surface area (Å²) in [4.78, 5) is 19.4. The molecule has 5 rings (SSSR count). The van der Waals surface area contributed by atoms with Gasteiger partial charge in [-0.2, -0.15) is 4.57 Å². The largest absolute Gasteiger partial charge is 0.493 e. The van der Waals surface area contributed by atoms with E-state index < -0.39 is 24.5 Å². The summed E-state index contributed by atoms with van der Waals surface area (Å²) in [7, 11) is 3.34. The number of nitrogens with zero attached hydrogens (tertiary/aromatic N) is 1. The van der Waals surface area contributed by atoms with Gasteiger partial charge in [0.25, 0.3) is 0 Å². The third-order valence-electron chi connectivity index (χ3n) is 5.65. The zero-order valence-electron chi connectivity index (χ0n) is 18.6. The average molecular weight is 470 g/mol. The Kier molecular flexibility index (Phi) is 6.42. The minimum atomic E-state index is -1.79. The zero-order valence-corrected chi connectivity index (χ0v) is 18.6. The van der Waals surface area contributed by atoms with Crippen LogP contribution in [0.3, 0.4) is 0 Å². The summed E-state index contributed by atoms with van der Waals surface area (Å²) >= 11 is 0. The lowest BCUT2D eigenvalue weighted by Crippen LogP contribution is -2.40. The lowest BCUT2D eigenvalue weighted by atomic mass is 9.95. The van der Waals surface area contributed by atoms with Gasteiger partial charge in [0.1, 0.15) is 0 Å². The molecule has 2 aliphatic rings. The predicted octanol–water partition coefficient (Wildman–Crippen LogP) is 2.00. The highest BCUT2D eigenvalue weighted by Crippen LogP contribution is 2.41. The fraction of sp³-hybridized carbons (Fsp3) is 0.292. The molecule has 178 valence electrons.